The number of benzene rings is 1. The van der Waals surface area contributed by atoms with Gasteiger partial charge in [0, 0.05) is 16.6 Å². The van der Waals surface area contributed by atoms with Gasteiger partial charge in [-0.3, -0.25) is 4.79 Å². The number of rotatable bonds is 4. The zero-order valence-corrected chi connectivity index (χ0v) is 14.7. The third-order valence-corrected chi connectivity index (χ3v) is 5.40. The van der Waals surface area contributed by atoms with Crippen molar-refractivity contribution in [2.45, 2.75) is 38.1 Å². The van der Waals surface area contributed by atoms with Crippen LogP contribution in [0.3, 0.4) is 0 Å². The van der Waals surface area contributed by atoms with Gasteiger partial charge in [0.1, 0.15) is 0 Å². The van der Waals surface area contributed by atoms with E-state index in [1.54, 1.807) is 0 Å². The average molecular weight is 353 g/mol. The zero-order valence-electron chi connectivity index (χ0n) is 13.2. The van der Waals surface area contributed by atoms with E-state index in [0.717, 1.165) is 23.2 Å². The summed E-state index contributed by atoms with van der Waals surface area (Å²) in [5, 5.41) is 3.14. The SMILES string of the molecule is CC1CCCC(CNC(=O)c2ccccc2Br)(N(C)C)C1. The Morgan fingerprint density at radius 1 is 1.43 bits per heavy atom. The highest BCUT2D eigenvalue weighted by molar-refractivity contribution is 9.10. The molecule has 1 aliphatic carbocycles. The summed E-state index contributed by atoms with van der Waals surface area (Å²) in [6.45, 7) is 3.03. The van der Waals surface area contributed by atoms with Crippen LogP contribution in [0.25, 0.3) is 0 Å². The van der Waals surface area contributed by atoms with E-state index in [-0.39, 0.29) is 11.4 Å². The molecule has 0 aliphatic heterocycles. The lowest BCUT2D eigenvalue weighted by Gasteiger charge is -2.45. The third kappa shape index (κ3) is 3.86. The number of nitrogens with one attached hydrogen (secondary N) is 1. The summed E-state index contributed by atoms with van der Waals surface area (Å²) in [4.78, 5) is 14.7. The van der Waals surface area contributed by atoms with E-state index >= 15 is 0 Å². The Morgan fingerprint density at radius 3 is 2.76 bits per heavy atom. The minimum atomic E-state index is 0.00178. The maximum absolute atomic E-state index is 12.4. The van der Waals surface area contributed by atoms with Crippen LogP contribution in [-0.2, 0) is 0 Å². The largest absolute Gasteiger partial charge is 0.350 e. The second-order valence-corrected chi connectivity index (χ2v) is 7.34. The Labute approximate surface area is 136 Å². The fraction of sp³-hybridized carbons (Fsp3) is 0.588. The molecule has 2 atom stereocenters. The van der Waals surface area contributed by atoms with Gasteiger partial charge in [0.15, 0.2) is 0 Å². The van der Waals surface area contributed by atoms with E-state index in [1.165, 1.54) is 12.8 Å². The smallest absolute Gasteiger partial charge is 0.252 e. The van der Waals surface area contributed by atoms with Crippen LogP contribution in [0.1, 0.15) is 43.0 Å². The Bertz CT molecular complexity index is 503. The van der Waals surface area contributed by atoms with Gasteiger partial charge >= 0.3 is 0 Å². The summed E-state index contributed by atoms with van der Waals surface area (Å²) in [7, 11) is 4.26. The molecule has 1 N–H and O–H groups in total. The van der Waals surface area contributed by atoms with E-state index in [4.69, 9.17) is 0 Å². The monoisotopic (exact) mass is 352 g/mol. The van der Waals surface area contributed by atoms with Gasteiger partial charge < -0.3 is 10.2 Å². The van der Waals surface area contributed by atoms with Crippen LogP contribution >= 0.6 is 15.9 Å². The molecular formula is C17H25BrN2O. The van der Waals surface area contributed by atoms with E-state index < -0.39 is 0 Å². The summed E-state index contributed by atoms with van der Waals surface area (Å²) >= 11 is 3.44. The first kappa shape index (κ1) is 16.5. The minimum absolute atomic E-state index is 0.00178. The Kier molecular flexibility index (Phi) is 5.44. The molecule has 0 heterocycles. The molecule has 1 amide bonds. The number of halogens is 1. The molecule has 0 bridgehead atoms. The summed E-state index contributed by atoms with van der Waals surface area (Å²) in [6.07, 6.45) is 4.84. The van der Waals surface area contributed by atoms with Crippen LogP contribution in [0.2, 0.25) is 0 Å². The molecule has 116 valence electrons. The minimum Gasteiger partial charge on any atom is -0.350 e. The van der Waals surface area contributed by atoms with E-state index in [2.05, 4.69) is 47.2 Å². The van der Waals surface area contributed by atoms with Gasteiger partial charge in [-0.15, -0.1) is 0 Å². The summed E-state index contributed by atoms with van der Waals surface area (Å²) in [5.41, 5.74) is 0.796. The molecule has 1 aliphatic rings. The van der Waals surface area contributed by atoms with Gasteiger partial charge in [0.05, 0.1) is 5.56 Å². The van der Waals surface area contributed by atoms with Crippen molar-refractivity contribution >= 4 is 21.8 Å². The molecule has 1 saturated carbocycles. The number of nitrogens with zero attached hydrogens (tertiary/aromatic N) is 1. The third-order valence-electron chi connectivity index (χ3n) is 4.71. The van der Waals surface area contributed by atoms with Gasteiger partial charge in [0.2, 0.25) is 0 Å². The highest BCUT2D eigenvalue weighted by Crippen LogP contribution is 2.35. The predicted molar refractivity (Wildman–Crippen MR) is 90.5 cm³/mol. The molecule has 0 spiro atoms. The maximum atomic E-state index is 12.4. The first-order valence-electron chi connectivity index (χ1n) is 7.65. The normalized spacial score (nSPS) is 25.9. The van der Waals surface area contributed by atoms with Crippen LogP contribution in [0, 0.1) is 5.92 Å². The van der Waals surface area contributed by atoms with Crippen molar-refractivity contribution in [1.82, 2.24) is 10.2 Å². The zero-order chi connectivity index (χ0) is 15.5. The lowest BCUT2D eigenvalue weighted by Crippen LogP contribution is -2.55. The predicted octanol–water partition coefficient (Wildman–Crippen LogP) is 3.69. The highest BCUT2D eigenvalue weighted by Gasteiger charge is 2.37. The van der Waals surface area contributed by atoms with Crippen LogP contribution in [0.4, 0.5) is 0 Å². The van der Waals surface area contributed by atoms with Crippen molar-refractivity contribution in [2.24, 2.45) is 5.92 Å². The fourth-order valence-corrected chi connectivity index (χ4v) is 3.81. The van der Waals surface area contributed by atoms with E-state index in [9.17, 15) is 4.79 Å². The summed E-state index contributed by atoms with van der Waals surface area (Å²) in [6, 6.07) is 7.57. The Balaban J connectivity index is 2.06. The van der Waals surface area contributed by atoms with Gasteiger partial charge in [-0.25, -0.2) is 0 Å². The van der Waals surface area contributed by atoms with Gasteiger partial charge in [-0.1, -0.05) is 31.9 Å². The summed E-state index contributed by atoms with van der Waals surface area (Å²) in [5.74, 6) is 0.725. The quantitative estimate of drug-likeness (QED) is 0.895. The maximum Gasteiger partial charge on any atom is 0.252 e. The molecule has 1 fully saturated rings. The number of carbonyl (C=O) groups is 1. The van der Waals surface area contributed by atoms with Crippen molar-refractivity contribution in [2.75, 3.05) is 20.6 Å². The van der Waals surface area contributed by atoms with Crippen molar-refractivity contribution in [1.29, 1.82) is 0 Å². The molecule has 1 aromatic carbocycles. The van der Waals surface area contributed by atoms with Crippen LogP contribution < -0.4 is 5.32 Å². The molecule has 1 aromatic rings. The number of amides is 1. The number of hydrogen-bond donors (Lipinski definition) is 1. The number of hydrogen-bond acceptors (Lipinski definition) is 2. The average Bonchev–Trinajstić information content (AvgIpc) is 2.45. The molecule has 21 heavy (non-hydrogen) atoms. The van der Waals surface area contributed by atoms with Crippen molar-refractivity contribution in [3.63, 3.8) is 0 Å². The topological polar surface area (TPSA) is 32.3 Å². The second-order valence-electron chi connectivity index (χ2n) is 6.48. The Morgan fingerprint density at radius 2 is 2.14 bits per heavy atom. The number of carbonyl (C=O) groups excluding carboxylic acids is 1. The molecule has 0 aromatic heterocycles. The fourth-order valence-electron chi connectivity index (χ4n) is 3.34. The summed E-state index contributed by atoms with van der Waals surface area (Å²) < 4.78 is 0.846. The van der Waals surface area contributed by atoms with E-state index in [1.807, 2.05) is 24.3 Å². The first-order chi connectivity index (χ1) is 9.94. The van der Waals surface area contributed by atoms with E-state index in [0.29, 0.717) is 12.1 Å². The van der Waals surface area contributed by atoms with Crippen molar-refractivity contribution in [3.8, 4) is 0 Å². The van der Waals surface area contributed by atoms with Crippen LogP contribution in [0.15, 0.2) is 28.7 Å². The highest BCUT2D eigenvalue weighted by atomic mass is 79.9. The first-order valence-corrected chi connectivity index (χ1v) is 8.44. The van der Waals surface area contributed by atoms with Gasteiger partial charge in [-0.2, -0.15) is 0 Å². The van der Waals surface area contributed by atoms with Crippen molar-refractivity contribution in [3.05, 3.63) is 34.3 Å². The molecule has 0 saturated heterocycles. The Hall–Kier alpha value is -0.870. The second kappa shape index (κ2) is 6.93. The van der Waals surface area contributed by atoms with Gasteiger partial charge in [0.25, 0.3) is 5.91 Å². The molecule has 4 heteroatoms. The molecular weight excluding hydrogens is 328 g/mol. The molecule has 0 radical (unpaired) electrons. The molecule has 2 rings (SSSR count). The lowest BCUT2D eigenvalue weighted by atomic mass is 9.75. The van der Waals surface area contributed by atoms with Gasteiger partial charge in [-0.05, 0) is 60.9 Å². The van der Waals surface area contributed by atoms with Crippen molar-refractivity contribution < 1.29 is 4.79 Å². The standard InChI is InChI=1S/C17H25BrN2O/c1-13-7-6-10-17(11-13,20(2)3)12-19-16(21)14-8-4-5-9-15(14)18/h4-5,8-9,13H,6-7,10-12H2,1-3H3,(H,19,21). The molecule has 3 nitrogen and oxygen atoms in total. The van der Waals surface area contributed by atoms with Crippen LogP contribution in [0.5, 0.6) is 0 Å². The lowest BCUT2D eigenvalue weighted by molar-refractivity contribution is 0.0675. The molecule has 2 unspecified atom stereocenters. The number of likely N-dealkylation sites (N-methyl/N-ethyl adjacent to an activating group) is 1. The van der Waals surface area contributed by atoms with Crippen LogP contribution in [-0.4, -0.2) is 37.0 Å².